The number of carbonyl (C=O) groups is 2. The predicted octanol–water partition coefficient (Wildman–Crippen LogP) is 4.83. The Morgan fingerprint density at radius 3 is 2.72 bits per heavy atom. The third-order valence-corrected chi connectivity index (χ3v) is 7.23. The summed E-state index contributed by atoms with van der Waals surface area (Å²) in [7, 11) is -0.125. The largest absolute Gasteiger partial charge is 0.444 e. The SMILES string of the molecule is CC(C)(C)OC(=O)N1CCC[C@H](P=O)[C@H]1CC(=O)Cn1cnc2cc(Br)c(Cl)cc2c1=O. The van der Waals surface area contributed by atoms with E-state index in [4.69, 9.17) is 16.3 Å². The Kier molecular flexibility index (Phi) is 7.73. The molecule has 3 rings (SSSR count). The minimum atomic E-state index is -0.686. The zero-order valence-electron chi connectivity index (χ0n) is 18.0. The molecule has 1 saturated heterocycles. The third-order valence-electron chi connectivity index (χ3n) is 5.16. The Morgan fingerprint density at radius 1 is 1.34 bits per heavy atom. The van der Waals surface area contributed by atoms with Crippen molar-refractivity contribution < 1.29 is 18.9 Å². The van der Waals surface area contributed by atoms with Gasteiger partial charge in [0, 0.05) is 17.4 Å². The van der Waals surface area contributed by atoms with Crippen molar-refractivity contribution in [1.82, 2.24) is 14.5 Å². The van der Waals surface area contributed by atoms with Crippen LogP contribution in [0.5, 0.6) is 0 Å². The molecule has 0 radical (unpaired) electrons. The van der Waals surface area contributed by atoms with Gasteiger partial charge in [-0.25, -0.2) is 9.78 Å². The number of ether oxygens (including phenoxy) is 1. The molecular formula is C21H24BrClN3O5P. The van der Waals surface area contributed by atoms with Crippen molar-refractivity contribution in [3.05, 3.63) is 38.3 Å². The Morgan fingerprint density at radius 2 is 2.06 bits per heavy atom. The summed E-state index contributed by atoms with van der Waals surface area (Å²) in [5, 5.41) is 0.672. The topological polar surface area (TPSA) is 98.6 Å². The third kappa shape index (κ3) is 5.74. The maximum Gasteiger partial charge on any atom is 0.410 e. The number of nitrogens with zero attached hydrogens (tertiary/aromatic N) is 3. The lowest BCUT2D eigenvalue weighted by Crippen LogP contribution is -2.51. The summed E-state index contributed by atoms with van der Waals surface area (Å²) < 4.78 is 19.1. The van der Waals surface area contributed by atoms with Crippen molar-refractivity contribution >= 4 is 58.8 Å². The molecule has 172 valence electrons. The normalized spacial score (nSPS) is 19.3. The number of likely N-dealkylation sites (tertiary alicyclic amines) is 1. The van der Waals surface area contributed by atoms with Crippen LogP contribution in [0.15, 0.2) is 27.7 Å². The number of Topliss-reactive ketones (excluding diaryl/α,β-unsaturated/α-hetero) is 1. The molecule has 0 N–H and O–H groups in total. The molecule has 2 aromatic rings. The summed E-state index contributed by atoms with van der Waals surface area (Å²) in [4.78, 5) is 44.2. The molecule has 1 aliphatic heterocycles. The van der Waals surface area contributed by atoms with Crippen LogP contribution in [0.3, 0.4) is 0 Å². The van der Waals surface area contributed by atoms with Crippen LogP contribution >= 0.6 is 36.0 Å². The van der Waals surface area contributed by atoms with E-state index >= 15 is 0 Å². The van der Waals surface area contributed by atoms with Crippen LogP contribution < -0.4 is 5.56 Å². The number of halogens is 2. The van der Waals surface area contributed by atoms with Gasteiger partial charge in [0.25, 0.3) is 5.56 Å². The zero-order valence-corrected chi connectivity index (χ0v) is 21.2. The molecule has 1 amide bonds. The highest BCUT2D eigenvalue weighted by Gasteiger charge is 2.38. The van der Waals surface area contributed by atoms with Crippen molar-refractivity contribution in [3.63, 3.8) is 0 Å². The lowest BCUT2D eigenvalue weighted by Gasteiger charge is -2.39. The van der Waals surface area contributed by atoms with Gasteiger partial charge in [0.1, 0.15) is 5.60 Å². The summed E-state index contributed by atoms with van der Waals surface area (Å²) >= 11 is 9.40. The zero-order chi connectivity index (χ0) is 23.6. The Bertz CT molecular complexity index is 1120. The lowest BCUT2D eigenvalue weighted by molar-refractivity contribution is -0.121. The Balaban J connectivity index is 1.81. The average molecular weight is 545 g/mol. The number of carbonyl (C=O) groups excluding carboxylic acids is 2. The van der Waals surface area contributed by atoms with E-state index in [9.17, 15) is 18.9 Å². The number of aromatic nitrogens is 2. The summed E-state index contributed by atoms with van der Waals surface area (Å²) in [6, 6.07) is 2.58. The highest BCUT2D eigenvalue weighted by molar-refractivity contribution is 9.10. The standard InChI is InChI=1S/C21H24BrClN3O5P/c1-21(2,3)31-20(29)26-6-4-5-18(32-30)17(26)7-12(27)10-25-11-24-16-9-14(22)15(23)8-13(16)19(25)28/h8-9,11,17-18H,4-7,10H2,1-3H3/t17-,18+/m1/s1. The smallest absolute Gasteiger partial charge is 0.410 e. The first-order chi connectivity index (χ1) is 15.0. The quantitative estimate of drug-likeness (QED) is 0.500. The Hall–Kier alpha value is -1.83. The van der Waals surface area contributed by atoms with Crippen molar-refractivity contribution in [2.24, 2.45) is 0 Å². The van der Waals surface area contributed by atoms with Gasteiger partial charge in [-0.3, -0.25) is 18.7 Å². The van der Waals surface area contributed by atoms with E-state index in [0.717, 1.165) is 0 Å². The second kappa shape index (κ2) is 9.98. The van der Waals surface area contributed by atoms with E-state index in [2.05, 4.69) is 20.9 Å². The van der Waals surface area contributed by atoms with E-state index in [1.54, 1.807) is 26.8 Å². The van der Waals surface area contributed by atoms with Gasteiger partial charge in [0.15, 0.2) is 14.2 Å². The summed E-state index contributed by atoms with van der Waals surface area (Å²) in [6.45, 7) is 5.51. The van der Waals surface area contributed by atoms with E-state index in [-0.39, 0.29) is 38.4 Å². The average Bonchev–Trinajstić information content (AvgIpc) is 2.70. The first-order valence-corrected chi connectivity index (χ1v) is 12.2. The van der Waals surface area contributed by atoms with Crippen LogP contribution in [0, 0.1) is 0 Å². The molecule has 0 spiro atoms. The monoisotopic (exact) mass is 543 g/mol. The molecule has 0 bridgehead atoms. The van der Waals surface area contributed by atoms with Crippen LogP contribution in [-0.2, 0) is 20.6 Å². The van der Waals surface area contributed by atoms with Crippen LogP contribution in [0.25, 0.3) is 10.9 Å². The molecule has 0 saturated carbocycles. The van der Waals surface area contributed by atoms with E-state index < -0.39 is 17.7 Å². The van der Waals surface area contributed by atoms with Crippen molar-refractivity contribution in [2.45, 2.75) is 63.9 Å². The summed E-state index contributed by atoms with van der Waals surface area (Å²) in [5.74, 6) is -0.273. The minimum absolute atomic E-state index is 0.0370. The van der Waals surface area contributed by atoms with E-state index in [0.29, 0.717) is 39.8 Å². The van der Waals surface area contributed by atoms with Crippen LogP contribution in [0.2, 0.25) is 5.02 Å². The number of ketones is 1. The molecule has 11 heteroatoms. The van der Waals surface area contributed by atoms with Crippen molar-refractivity contribution in [2.75, 3.05) is 6.54 Å². The van der Waals surface area contributed by atoms with Crippen LogP contribution in [-0.4, -0.2) is 50.2 Å². The van der Waals surface area contributed by atoms with Gasteiger partial charge in [-0.1, -0.05) is 11.6 Å². The first-order valence-electron chi connectivity index (χ1n) is 10.2. The minimum Gasteiger partial charge on any atom is -0.444 e. The van der Waals surface area contributed by atoms with E-state index in [1.807, 2.05) is 0 Å². The van der Waals surface area contributed by atoms with Crippen LogP contribution in [0.4, 0.5) is 4.79 Å². The van der Waals surface area contributed by atoms with Gasteiger partial charge in [-0.15, -0.1) is 0 Å². The number of hydrogen-bond donors (Lipinski definition) is 0. The number of amides is 1. The summed E-state index contributed by atoms with van der Waals surface area (Å²) in [5.41, 5.74) is -0.982. The molecule has 1 aliphatic rings. The van der Waals surface area contributed by atoms with Gasteiger partial charge >= 0.3 is 6.09 Å². The molecule has 1 aromatic carbocycles. The lowest BCUT2D eigenvalue weighted by atomic mass is 9.97. The maximum atomic E-state index is 12.9. The second-order valence-corrected chi connectivity index (χ2v) is 10.9. The molecule has 8 nitrogen and oxygen atoms in total. The van der Waals surface area contributed by atoms with E-state index in [1.165, 1.54) is 21.9 Å². The van der Waals surface area contributed by atoms with Gasteiger partial charge in [-0.2, -0.15) is 0 Å². The number of rotatable bonds is 5. The number of piperidine rings is 1. The highest BCUT2D eigenvalue weighted by atomic mass is 79.9. The van der Waals surface area contributed by atoms with Gasteiger partial charge in [0.2, 0.25) is 0 Å². The Labute approximate surface area is 200 Å². The van der Waals surface area contributed by atoms with Crippen LogP contribution in [0.1, 0.15) is 40.0 Å². The summed E-state index contributed by atoms with van der Waals surface area (Å²) in [6.07, 6.45) is 2.05. The predicted molar refractivity (Wildman–Crippen MR) is 126 cm³/mol. The maximum absolute atomic E-state index is 12.9. The molecule has 2 heterocycles. The first kappa shape index (κ1) is 24.8. The molecule has 1 fully saturated rings. The fourth-order valence-corrected chi connectivity index (χ4v) is 4.90. The molecule has 1 aromatic heterocycles. The van der Waals surface area contributed by atoms with Crippen molar-refractivity contribution in [1.29, 1.82) is 0 Å². The van der Waals surface area contributed by atoms with Gasteiger partial charge in [-0.05, 0) is 61.7 Å². The number of fused-ring (bicyclic) bond motifs is 1. The highest BCUT2D eigenvalue weighted by Crippen LogP contribution is 2.30. The van der Waals surface area contributed by atoms with Gasteiger partial charge in [0.05, 0.1) is 40.5 Å². The molecular weight excluding hydrogens is 521 g/mol. The fourth-order valence-electron chi connectivity index (χ4n) is 3.71. The molecule has 0 aliphatic carbocycles. The number of benzene rings is 1. The fraction of sp³-hybridized carbons (Fsp3) is 0.524. The molecule has 2 atom stereocenters. The molecule has 0 unspecified atom stereocenters. The second-order valence-electron chi connectivity index (χ2n) is 8.76. The van der Waals surface area contributed by atoms with Gasteiger partial charge < -0.3 is 9.64 Å². The molecule has 32 heavy (non-hydrogen) atoms. The van der Waals surface area contributed by atoms with Crippen molar-refractivity contribution in [3.8, 4) is 0 Å². The number of hydrogen-bond acceptors (Lipinski definition) is 6.